The van der Waals surface area contributed by atoms with Crippen LogP contribution in [0, 0.1) is 0 Å². The van der Waals surface area contributed by atoms with Crippen molar-refractivity contribution in [1.29, 1.82) is 0 Å². The number of piperidine rings is 1. The molecule has 100 valence electrons. The molecule has 0 bridgehead atoms. The molecule has 3 rings (SSSR count). The van der Waals surface area contributed by atoms with Gasteiger partial charge in [0.2, 0.25) is 0 Å². The van der Waals surface area contributed by atoms with Crippen LogP contribution in [0.5, 0.6) is 0 Å². The number of hydrogen-bond acceptors (Lipinski definition) is 4. The molecule has 0 saturated carbocycles. The topological polar surface area (TPSA) is 46.0 Å². The summed E-state index contributed by atoms with van der Waals surface area (Å²) in [6.07, 6.45) is 6.05. The van der Waals surface area contributed by atoms with Crippen molar-refractivity contribution in [3.63, 3.8) is 0 Å². The minimum absolute atomic E-state index is 0.509. The zero-order valence-electron chi connectivity index (χ0n) is 11.2. The van der Waals surface area contributed by atoms with Gasteiger partial charge in [0.1, 0.15) is 11.6 Å². The Morgan fingerprint density at radius 2 is 2.05 bits per heavy atom. The Bertz CT molecular complexity index is 514. The molecular formula is C14H19N5. The third-order valence-corrected chi connectivity index (χ3v) is 3.53. The SMILES string of the molecule is Cn1ccc(NC2CCN(c3ccccn3)CC2)n1. The smallest absolute Gasteiger partial charge is 0.148 e. The van der Waals surface area contributed by atoms with E-state index in [2.05, 4.69) is 26.4 Å². The maximum atomic E-state index is 4.40. The zero-order valence-corrected chi connectivity index (χ0v) is 11.2. The highest BCUT2D eigenvalue weighted by atomic mass is 15.3. The van der Waals surface area contributed by atoms with Crippen molar-refractivity contribution in [3.8, 4) is 0 Å². The molecule has 2 aromatic heterocycles. The van der Waals surface area contributed by atoms with Gasteiger partial charge in [-0.15, -0.1) is 0 Å². The summed E-state index contributed by atoms with van der Waals surface area (Å²) in [6.45, 7) is 2.09. The minimum Gasteiger partial charge on any atom is -0.366 e. The number of anilines is 2. The molecule has 19 heavy (non-hydrogen) atoms. The summed E-state index contributed by atoms with van der Waals surface area (Å²) in [6, 6.07) is 8.60. The van der Waals surface area contributed by atoms with E-state index in [4.69, 9.17) is 0 Å². The average Bonchev–Trinajstić information content (AvgIpc) is 2.86. The van der Waals surface area contributed by atoms with Crippen molar-refractivity contribution in [2.75, 3.05) is 23.3 Å². The maximum absolute atomic E-state index is 4.40. The summed E-state index contributed by atoms with van der Waals surface area (Å²) in [5.74, 6) is 2.05. The molecule has 1 aliphatic rings. The van der Waals surface area contributed by atoms with Crippen LogP contribution in [0.25, 0.3) is 0 Å². The fourth-order valence-corrected chi connectivity index (χ4v) is 2.49. The number of nitrogens with zero attached hydrogens (tertiary/aromatic N) is 4. The van der Waals surface area contributed by atoms with E-state index < -0.39 is 0 Å². The first-order chi connectivity index (χ1) is 9.31. The third-order valence-electron chi connectivity index (χ3n) is 3.53. The predicted octanol–water partition coefficient (Wildman–Crippen LogP) is 1.90. The normalized spacial score (nSPS) is 16.6. The lowest BCUT2D eigenvalue weighted by Gasteiger charge is -2.33. The summed E-state index contributed by atoms with van der Waals surface area (Å²) in [4.78, 5) is 6.75. The van der Waals surface area contributed by atoms with Gasteiger partial charge in [-0.3, -0.25) is 4.68 Å². The van der Waals surface area contributed by atoms with Gasteiger partial charge in [-0.25, -0.2) is 4.98 Å². The number of hydrogen-bond donors (Lipinski definition) is 1. The lowest BCUT2D eigenvalue weighted by molar-refractivity contribution is 0.521. The molecule has 2 aromatic rings. The van der Waals surface area contributed by atoms with Crippen LogP contribution in [0.15, 0.2) is 36.7 Å². The zero-order chi connectivity index (χ0) is 13.1. The number of pyridine rings is 1. The van der Waals surface area contributed by atoms with Crippen LogP contribution in [-0.4, -0.2) is 33.9 Å². The molecule has 3 heterocycles. The number of aryl methyl sites for hydroxylation is 1. The Kier molecular flexibility index (Phi) is 3.35. The van der Waals surface area contributed by atoms with E-state index in [1.165, 1.54) is 0 Å². The molecule has 1 fully saturated rings. The highest BCUT2D eigenvalue weighted by molar-refractivity contribution is 5.39. The van der Waals surface area contributed by atoms with E-state index in [-0.39, 0.29) is 0 Å². The quantitative estimate of drug-likeness (QED) is 0.912. The minimum atomic E-state index is 0.509. The van der Waals surface area contributed by atoms with Crippen molar-refractivity contribution in [2.24, 2.45) is 7.05 Å². The number of aromatic nitrogens is 3. The van der Waals surface area contributed by atoms with Gasteiger partial charge < -0.3 is 10.2 Å². The van der Waals surface area contributed by atoms with Crippen molar-refractivity contribution in [1.82, 2.24) is 14.8 Å². The molecule has 1 N–H and O–H groups in total. The lowest BCUT2D eigenvalue weighted by Crippen LogP contribution is -2.39. The van der Waals surface area contributed by atoms with Gasteiger partial charge in [0.05, 0.1) is 0 Å². The first-order valence-corrected chi connectivity index (χ1v) is 6.73. The molecule has 1 aliphatic heterocycles. The second-order valence-corrected chi connectivity index (χ2v) is 4.97. The van der Waals surface area contributed by atoms with Crippen molar-refractivity contribution >= 4 is 11.6 Å². The van der Waals surface area contributed by atoms with Crippen LogP contribution < -0.4 is 10.2 Å². The van der Waals surface area contributed by atoms with E-state index in [1.807, 2.05) is 42.3 Å². The van der Waals surface area contributed by atoms with Gasteiger partial charge in [-0.1, -0.05) is 6.07 Å². The van der Waals surface area contributed by atoms with Crippen molar-refractivity contribution in [3.05, 3.63) is 36.7 Å². The standard InChI is InChI=1S/C14H19N5/c1-18-9-7-13(17-18)16-12-5-10-19(11-6-12)14-4-2-3-8-15-14/h2-4,7-9,12H,5-6,10-11H2,1H3,(H,16,17). The summed E-state index contributed by atoms with van der Waals surface area (Å²) in [5.41, 5.74) is 0. The predicted molar refractivity (Wildman–Crippen MR) is 76.3 cm³/mol. The highest BCUT2D eigenvalue weighted by Gasteiger charge is 2.20. The van der Waals surface area contributed by atoms with E-state index in [0.29, 0.717) is 6.04 Å². The number of nitrogens with one attached hydrogen (secondary N) is 1. The fraction of sp³-hybridized carbons (Fsp3) is 0.429. The second kappa shape index (κ2) is 5.30. The van der Waals surface area contributed by atoms with Crippen LogP contribution in [0.1, 0.15) is 12.8 Å². The molecule has 0 amide bonds. The average molecular weight is 257 g/mol. The van der Waals surface area contributed by atoms with Crippen LogP contribution in [-0.2, 0) is 7.05 Å². The lowest BCUT2D eigenvalue weighted by atomic mass is 10.1. The van der Waals surface area contributed by atoms with Gasteiger partial charge in [0.15, 0.2) is 0 Å². The Balaban J connectivity index is 1.55. The van der Waals surface area contributed by atoms with Crippen molar-refractivity contribution < 1.29 is 0 Å². The molecule has 5 heteroatoms. The summed E-state index contributed by atoms with van der Waals surface area (Å²) < 4.78 is 1.82. The highest BCUT2D eigenvalue weighted by Crippen LogP contribution is 2.19. The van der Waals surface area contributed by atoms with Gasteiger partial charge in [0, 0.05) is 44.6 Å². The molecular weight excluding hydrogens is 238 g/mol. The molecule has 1 saturated heterocycles. The van der Waals surface area contributed by atoms with Crippen LogP contribution >= 0.6 is 0 Å². The van der Waals surface area contributed by atoms with E-state index in [1.54, 1.807) is 0 Å². The maximum Gasteiger partial charge on any atom is 0.148 e. The summed E-state index contributed by atoms with van der Waals surface area (Å²) >= 11 is 0. The van der Waals surface area contributed by atoms with Gasteiger partial charge in [-0.2, -0.15) is 5.10 Å². The molecule has 0 aliphatic carbocycles. The van der Waals surface area contributed by atoms with Gasteiger partial charge in [-0.05, 0) is 25.0 Å². The monoisotopic (exact) mass is 257 g/mol. The molecule has 5 nitrogen and oxygen atoms in total. The van der Waals surface area contributed by atoms with Crippen molar-refractivity contribution in [2.45, 2.75) is 18.9 Å². The fourth-order valence-electron chi connectivity index (χ4n) is 2.49. The van der Waals surface area contributed by atoms with E-state index in [9.17, 15) is 0 Å². The summed E-state index contributed by atoms with van der Waals surface area (Å²) in [5, 5.41) is 7.86. The Labute approximate surface area is 113 Å². The largest absolute Gasteiger partial charge is 0.366 e. The summed E-state index contributed by atoms with van der Waals surface area (Å²) in [7, 11) is 1.94. The molecule has 0 spiro atoms. The molecule has 0 unspecified atom stereocenters. The van der Waals surface area contributed by atoms with Crippen LogP contribution in [0.2, 0.25) is 0 Å². The Hall–Kier alpha value is -2.04. The Morgan fingerprint density at radius 3 is 2.68 bits per heavy atom. The third kappa shape index (κ3) is 2.86. The molecule has 0 radical (unpaired) electrons. The van der Waals surface area contributed by atoms with Gasteiger partial charge in [0.25, 0.3) is 0 Å². The van der Waals surface area contributed by atoms with Crippen LogP contribution in [0.4, 0.5) is 11.6 Å². The molecule has 0 atom stereocenters. The van der Waals surface area contributed by atoms with Crippen LogP contribution in [0.3, 0.4) is 0 Å². The van der Waals surface area contributed by atoms with Gasteiger partial charge >= 0.3 is 0 Å². The second-order valence-electron chi connectivity index (χ2n) is 4.97. The number of rotatable bonds is 3. The first-order valence-electron chi connectivity index (χ1n) is 6.73. The van der Waals surface area contributed by atoms with E-state index in [0.717, 1.165) is 37.6 Å². The van der Waals surface area contributed by atoms with E-state index >= 15 is 0 Å². The Morgan fingerprint density at radius 1 is 1.21 bits per heavy atom. The first kappa shape index (κ1) is 12.0. The molecule has 0 aromatic carbocycles.